The van der Waals surface area contributed by atoms with Gasteiger partial charge in [0.25, 0.3) is 0 Å². The minimum Gasteiger partial charge on any atom is -0.388 e. The summed E-state index contributed by atoms with van der Waals surface area (Å²) in [6.45, 7) is 1.90. The summed E-state index contributed by atoms with van der Waals surface area (Å²) < 4.78 is 4.96. The summed E-state index contributed by atoms with van der Waals surface area (Å²) in [4.78, 5) is 15.9. The van der Waals surface area contributed by atoms with E-state index in [1.54, 1.807) is 0 Å². The van der Waals surface area contributed by atoms with Crippen molar-refractivity contribution in [3.63, 3.8) is 0 Å². The first-order chi connectivity index (χ1) is 8.24. The van der Waals surface area contributed by atoms with Crippen LogP contribution in [0.4, 0.5) is 0 Å². The highest BCUT2D eigenvalue weighted by Crippen LogP contribution is 2.26. The van der Waals surface area contributed by atoms with Crippen LogP contribution in [-0.4, -0.2) is 16.7 Å². The van der Waals surface area contributed by atoms with Crippen molar-refractivity contribution >= 4 is 40.5 Å². The lowest BCUT2D eigenvalue weighted by Crippen LogP contribution is -2.02. The fraction of sp³-hybridized carbons (Fsp3) is 0.167. The van der Waals surface area contributed by atoms with Gasteiger partial charge in [-0.1, -0.05) is 36.7 Å². The van der Waals surface area contributed by atoms with Crippen LogP contribution in [-0.2, 0) is 4.18 Å². The number of fused-ring (bicyclic) bond motifs is 1. The van der Waals surface area contributed by atoms with Crippen molar-refractivity contribution < 1.29 is 8.98 Å². The maximum Gasteiger partial charge on any atom is 0.353 e. The van der Waals surface area contributed by atoms with Gasteiger partial charge in [-0.2, -0.15) is 0 Å². The average molecular weight is 268 g/mol. The molecule has 0 bridgehead atoms. The Morgan fingerprint density at radius 1 is 1.47 bits per heavy atom. The van der Waals surface area contributed by atoms with E-state index in [-0.39, 0.29) is 0 Å². The van der Waals surface area contributed by atoms with E-state index in [4.69, 9.17) is 15.8 Å². The van der Waals surface area contributed by atoms with E-state index in [9.17, 15) is 4.79 Å². The van der Waals surface area contributed by atoms with Crippen LogP contribution in [0.25, 0.3) is 10.9 Å². The standard InChI is InChI=1S/C12H10ClNO2S/c1-2-17-16-12(15)9-7-14-10-6-4-3-5-8(10)11(9)13/h3-7H,2H2,1H3. The molecule has 0 radical (unpaired) electrons. The number of rotatable bonds is 3. The molecule has 2 aromatic rings. The summed E-state index contributed by atoms with van der Waals surface area (Å²) >= 11 is 7.25. The van der Waals surface area contributed by atoms with Gasteiger partial charge in [-0.15, -0.1) is 0 Å². The molecule has 0 amide bonds. The maximum absolute atomic E-state index is 11.7. The molecule has 1 aromatic carbocycles. The molecule has 0 aliphatic heterocycles. The van der Waals surface area contributed by atoms with Crippen molar-refractivity contribution in [1.82, 2.24) is 4.98 Å². The van der Waals surface area contributed by atoms with Crippen LogP contribution in [0.5, 0.6) is 0 Å². The smallest absolute Gasteiger partial charge is 0.353 e. The molecule has 0 unspecified atom stereocenters. The monoisotopic (exact) mass is 267 g/mol. The van der Waals surface area contributed by atoms with Crippen molar-refractivity contribution in [3.8, 4) is 0 Å². The molecular weight excluding hydrogens is 258 g/mol. The summed E-state index contributed by atoms with van der Waals surface area (Å²) in [5.41, 5.74) is 1.06. The van der Waals surface area contributed by atoms with E-state index in [0.29, 0.717) is 16.3 Å². The molecule has 0 N–H and O–H groups in total. The lowest BCUT2D eigenvalue weighted by molar-refractivity contribution is 0.0768. The van der Waals surface area contributed by atoms with Crippen molar-refractivity contribution in [2.24, 2.45) is 0 Å². The Hall–Kier alpha value is -1.26. The van der Waals surface area contributed by atoms with Crippen LogP contribution < -0.4 is 0 Å². The van der Waals surface area contributed by atoms with Gasteiger partial charge in [-0.05, 0) is 6.07 Å². The van der Waals surface area contributed by atoms with Crippen LogP contribution in [0, 0.1) is 0 Å². The molecule has 1 heterocycles. The molecule has 0 spiro atoms. The van der Waals surface area contributed by atoms with Gasteiger partial charge < -0.3 is 4.18 Å². The van der Waals surface area contributed by atoms with Crippen LogP contribution in [0.2, 0.25) is 5.02 Å². The highest BCUT2D eigenvalue weighted by molar-refractivity contribution is 7.95. The molecule has 17 heavy (non-hydrogen) atoms. The Morgan fingerprint density at radius 2 is 2.24 bits per heavy atom. The average Bonchev–Trinajstić information content (AvgIpc) is 2.37. The zero-order chi connectivity index (χ0) is 12.3. The molecular formula is C12H10ClNO2S. The second-order valence-electron chi connectivity index (χ2n) is 3.28. The molecule has 0 fully saturated rings. The van der Waals surface area contributed by atoms with Gasteiger partial charge in [0.1, 0.15) is 0 Å². The number of nitrogens with zero attached hydrogens (tertiary/aromatic N) is 1. The van der Waals surface area contributed by atoms with E-state index >= 15 is 0 Å². The van der Waals surface area contributed by atoms with Gasteiger partial charge in [-0.3, -0.25) is 4.98 Å². The number of carbonyl (C=O) groups is 1. The normalized spacial score (nSPS) is 10.5. The minimum absolute atomic E-state index is 0.298. The second-order valence-corrected chi connectivity index (χ2v) is 4.64. The number of aromatic nitrogens is 1. The molecule has 0 atom stereocenters. The summed E-state index contributed by atoms with van der Waals surface area (Å²) in [6.07, 6.45) is 1.45. The molecule has 0 aliphatic carbocycles. The first-order valence-corrected chi connectivity index (χ1v) is 6.40. The fourth-order valence-corrected chi connectivity index (χ4v) is 2.01. The molecule has 0 saturated heterocycles. The number of hydrogen-bond donors (Lipinski definition) is 0. The van der Waals surface area contributed by atoms with E-state index in [0.717, 1.165) is 22.9 Å². The van der Waals surface area contributed by atoms with E-state index < -0.39 is 5.97 Å². The Labute approximate surface area is 108 Å². The summed E-state index contributed by atoms with van der Waals surface area (Å²) in [7, 11) is 0. The summed E-state index contributed by atoms with van der Waals surface area (Å²) in [5, 5.41) is 1.14. The van der Waals surface area contributed by atoms with Gasteiger partial charge in [0.2, 0.25) is 0 Å². The summed E-state index contributed by atoms with van der Waals surface area (Å²) in [6, 6.07) is 7.40. The molecule has 0 aliphatic rings. The maximum atomic E-state index is 11.7. The number of carbonyl (C=O) groups excluding carboxylic acids is 1. The number of benzene rings is 1. The number of halogens is 1. The van der Waals surface area contributed by atoms with Gasteiger partial charge in [0.05, 0.1) is 28.1 Å². The van der Waals surface area contributed by atoms with Gasteiger partial charge in [0.15, 0.2) is 0 Å². The predicted octanol–water partition coefficient (Wildman–Crippen LogP) is 3.71. The van der Waals surface area contributed by atoms with Gasteiger partial charge in [-0.25, -0.2) is 4.79 Å². The molecule has 88 valence electrons. The van der Waals surface area contributed by atoms with Crippen molar-refractivity contribution in [1.29, 1.82) is 0 Å². The third-order valence-electron chi connectivity index (χ3n) is 2.18. The zero-order valence-electron chi connectivity index (χ0n) is 9.14. The fourth-order valence-electron chi connectivity index (χ4n) is 1.41. The summed E-state index contributed by atoms with van der Waals surface area (Å²) in [5.74, 6) is 0.241. The SMILES string of the molecule is CCSOC(=O)c1cnc2ccccc2c1Cl. The third kappa shape index (κ3) is 2.53. The molecule has 0 saturated carbocycles. The Bertz CT molecular complexity index is 559. The van der Waals surface area contributed by atoms with Crippen molar-refractivity contribution in [3.05, 3.63) is 41.0 Å². The van der Waals surface area contributed by atoms with Crippen LogP contribution >= 0.6 is 23.6 Å². The van der Waals surface area contributed by atoms with E-state index in [1.165, 1.54) is 6.20 Å². The number of pyridine rings is 1. The van der Waals surface area contributed by atoms with E-state index in [2.05, 4.69) is 4.98 Å². The molecule has 2 rings (SSSR count). The van der Waals surface area contributed by atoms with Crippen molar-refractivity contribution in [2.45, 2.75) is 6.92 Å². The molecule has 3 nitrogen and oxygen atoms in total. The topological polar surface area (TPSA) is 39.2 Å². The lowest BCUT2D eigenvalue weighted by Gasteiger charge is -2.05. The first-order valence-electron chi connectivity index (χ1n) is 5.11. The lowest BCUT2D eigenvalue weighted by atomic mass is 10.1. The van der Waals surface area contributed by atoms with Crippen LogP contribution in [0.3, 0.4) is 0 Å². The zero-order valence-corrected chi connectivity index (χ0v) is 10.7. The Morgan fingerprint density at radius 3 is 3.00 bits per heavy atom. The molecule has 1 aromatic heterocycles. The molecule has 5 heteroatoms. The Kier molecular flexibility index (Phi) is 3.86. The predicted molar refractivity (Wildman–Crippen MR) is 70.3 cm³/mol. The second kappa shape index (κ2) is 5.38. The highest BCUT2D eigenvalue weighted by Gasteiger charge is 2.15. The highest BCUT2D eigenvalue weighted by atomic mass is 35.5. The largest absolute Gasteiger partial charge is 0.388 e. The number of para-hydroxylation sites is 1. The van der Waals surface area contributed by atoms with Crippen LogP contribution in [0.1, 0.15) is 17.3 Å². The minimum atomic E-state index is -0.458. The van der Waals surface area contributed by atoms with Crippen LogP contribution in [0.15, 0.2) is 30.5 Å². The van der Waals surface area contributed by atoms with Gasteiger partial charge >= 0.3 is 5.97 Å². The first kappa shape index (κ1) is 12.2. The van der Waals surface area contributed by atoms with E-state index in [1.807, 2.05) is 31.2 Å². The third-order valence-corrected chi connectivity index (χ3v) is 3.09. The quantitative estimate of drug-likeness (QED) is 0.795. The number of hydrogen-bond acceptors (Lipinski definition) is 4. The van der Waals surface area contributed by atoms with Gasteiger partial charge in [0, 0.05) is 17.3 Å². The Balaban J connectivity index is 2.42. The van der Waals surface area contributed by atoms with Crippen molar-refractivity contribution in [2.75, 3.05) is 5.75 Å².